The molecule has 9 nitrogen and oxygen atoms in total. The van der Waals surface area contributed by atoms with Crippen molar-refractivity contribution in [1.29, 1.82) is 0 Å². The summed E-state index contributed by atoms with van der Waals surface area (Å²) in [5.41, 5.74) is 12.6. The summed E-state index contributed by atoms with van der Waals surface area (Å²) in [6, 6.07) is 7.46. The summed E-state index contributed by atoms with van der Waals surface area (Å²) in [7, 11) is 0. The largest absolute Gasteiger partial charge is 0.478 e. The average molecular weight is 373 g/mol. The summed E-state index contributed by atoms with van der Waals surface area (Å²) in [5.74, 6) is -1.27. The number of aromatic carboxylic acids is 1. The van der Waals surface area contributed by atoms with Gasteiger partial charge in [-0.2, -0.15) is 0 Å². The highest BCUT2D eigenvalue weighted by atomic mass is 16.4. The van der Waals surface area contributed by atoms with Gasteiger partial charge in [0.2, 0.25) is 5.91 Å². The van der Waals surface area contributed by atoms with Crippen LogP contribution >= 0.6 is 0 Å². The molecule has 0 bridgehead atoms. The number of carboxylic acid groups (broad SMARTS) is 1. The number of hydrogen-bond donors (Lipinski definition) is 5. The third-order valence-electron chi connectivity index (χ3n) is 3.91. The molecule has 0 radical (unpaired) electrons. The van der Waals surface area contributed by atoms with Gasteiger partial charge in [0.25, 0.3) is 0 Å². The highest BCUT2D eigenvalue weighted by molar-refractivity contribution is 5.94. The zero-order valence-corrected chi connectivity index (χ0v) is 14.7. The number of primary amides is 1. The van der Waals surface area contributed by atoms with E-state index >= 15 is 0 Å². The molecule has 7 N–H and O–H groups in total. The summed E-state index contributed by atoms with van der Waals surface area (Å²) in [6.07, 6.45) is 4.23. The van der Waals surface area contributed by atoms with Crippen LogP contribution in [0, 0.1) is 0 Å². The maximum Gasteiger partial charge on any atom is 0.337 e. The van der Waals surface area contributed by atoms with Crippen LogP contribution < -0.4 is 22.1 Å². The minimum atomic E-state index is -0.964. The van der Waals surface area contributed by atoms with Gasteiger partial charge in [-0.05, 0) is 36.6 Å². The lowest BCUT2D eigenvalue weighted by atomic mass is 10.1. The zero-order valence-electron chi connectivity index (χ0n) is 14.7. The van der Waals surface area contributed by atoms with Gasteiger partial charge in [-0.15, -0.1) is 0 Å². The van der Waals surface area contributed by atoms with Crippen LogP contribution in [0.5, 0.6) is 0 Å². The molecule has 3 amide bonds. The third-order valence-corrected chi connectivity index (χ3v) is 3.91. The van der Waals surface area contributed by atoms with Gasteiger partial charge in [0.1, 0.15) is 0 Å². The summed E-state index contributed by atoms with van der Waals surface area (Å²) < 4.78 is 1.77. The molecule has 0 aliphatic heterocycles. The van der Waals surface area contributed by atoms with Crippen LogP contribution in [0.3, 0.4) is 0 Å². The zero-order chi connectivity index (χ0) is 19.8. The number of carbonyl (C=O) groups excluding carboxylic acids is 2. The van der Waals surface area contributed by atoms with Crippen molar-refractivity contribution >= 4 is 23.6 Å². The molecular formula is C18H23N5O4. The van der Waals surface area contributed by atoms with Crippen LogP contribution in [0.2, 0.25) is 0 Å². The highest BCUT2D eigenvalue weighted by Crippen LogP contribution is 2.12. The van der Waals surface area contributed by atoms with Crippen molar-refractivity contribution in [1.82, 2.24) is 9.88 Å². The second-order valence-electron chi connectivity index (χ2n) is 6.10. The molecule has 0 unspecified atom stereocenters. The average Bonchev–Trinajstić information content (AvgIpc) is 3.09. The van der Waals surface area contributed by atoms with Gasteiger partial charge < -0.3 is 31.8 Å². The molecule has 0 aliphatic carbocycles. The first-order valence-electron chi connectivity index (χ1n) is 8.43. The number of hydrogen-bond acceptors (Lipinski definition) is 4. The molecule has 144 valence electrons. The Kier molecular flexibility index (Phi) is 6.95. The predicted octanol–water partition coefficient (Wildman–Crippen LogP) is 0.949. The number of anilines is 1. The molecule has 0 saturated heterocycles. The maximum atomic E-state index is 12.1. The van der Waals surface area contributed by atoms with Crippen LogP contribution in [-0.4, -0.2) is 40.2 Å². The molecule has 2 aromatic rings. The molecule has 1 aromatic heterocycles. The Bertz CT molecular complexity index is 800. The molecule has 0 spiro atoms. The van der Waals surface area contributed by atoms with Crippen molar-refractivity contribution < 1.29 is 19.5 Å². The first kappa shape index (κ1) is 20.0. The fraction of sp³-hybridized carbons (Fsp3) is 0.278. The SMILES string of the molecule is NC(=O)NCCC[C@H](N)C(=O)Nc1ccc(Cn2ccc(C(=O)O)c2)cc1. The fourth-order valence-corrected chi connectivity index (χ4v) is 2.47. The van der Waals surface area contributed by atoms with Crippen LogP contribution in [-0.2, 0) is 11.3 Å². The van der Waals surface area contributed by atoms with E-state index < -0.39 is 18.0 Å². The van der Waals surface area contributed by atoms with E-state index in [0.29, 0.717) is 31.6 Å². The number of carbonyl (C=O) groups is 3. The lowest BCUT2D eigenvalue weighted by molar-refractivity contribution is -0.117. The number of nitrogens with two attached hydrogens (primary N) is 2. The lowest BCUT2D eigenvalue weighted by Crippen LogP contribution is -2.37. The molecule has 9 heteroatoms. The van der Waals surface area contributed by atoms with E-state index in [-0.39, 0.29) is 11.5 Å². The first-order valence-corrected chi connectivity index (χ1v) is 8.43. The normalized spacial score (nSPS) is 11.6. The van der Waals surface area contributed by atoms with Crippen LogP contribution in [0.15, 0.2) is 42.7 Å². The Labute approximate surface area is 156 Å². The summed E-state index contributed by atoms with van der Waals surface area (Å²) in [5, 5.41) is 14.1. The van der Waals surface area contributed by atoms with Crippen molar-refractivity contribution in [3.63, 3.8) is 0 Å². The standard InChI is InChI=1S/C18H23N5O4/c19-15(2-1-8-21-18(20)27)16(24)22-14-5-3-12(4-6-14)10-23-9-7-13(11-23)17(25)26/h3-7,9,11,15H,1-2,8,10,19H2,(H,22,24)(H,25,26)(H3,20,21,27)/t15-/m0/s1. The van der Waals surface area contributed by atoms with E-state index in [4.69, 9.17) is 16.6 Å². The number of nitrogens with one attached hydrogen (secondary N) is 2. The van der Waals surface area contributed by atoms with Gasteiger partial charge in [-0.25, -0.2) is 9.59 Å². The molecule has 0 saturated carbocycles. The lowest BCUT2D eigenvalue weighted by Gasteiger charge is -2.13. The Morgan fingerprint density at radius 1 is 1.15 bits per heavy atom. The number of amides is 3. The first-order chi connectivity index (χ1) is 12.8. The van der Waals surface area contributed by atoms with Gasteiger partial charge >= 0.3 is 12.0 Å². The number of nitrogens with zero attached hydrogens (tertiary/aromatic N) is 1. The maximum absolute atomic E-state index is 12.1. The molecule has 1 heterocycles. The van der Waals surface area contributed by atoms with E-state index in [1.165, 1.54) is 6.07 Å². The number of aromatic nitrogens is 1. The Morgan fingerprint density at radius 2 is 1.85 bits per heavy atom. The molecular weight excluding hydrogens is 350 g/mol. The van der Waals surface area contributed by atoms with Crippen LogP contribution in [0.25, 0.3) is 0 Å². The topological polar surface area (TPSA) is 152 Å². The third kappa shape index (κ3) is 6.48. The summed E-state index contributed by atoms with van der Waals surface area (Å²) in [6.45, 7) is 0.891. The smallest absolute Gasteiger partial charge is 0.337 e. The minimum absolute atomic E-state index is 0.235. The van der Waals surface area contributed by atoms with Crippen LogP contribution in [0.1, 0.15) is 28.8 Å². The summed E-state index contributed by atoms with van der Waals surface area (Å²) >= 11 is 0. The molecule has 0 fully saturated rings. The number of rotatable bonds is 9. The second-order valence-corrected chi connectivity index (χ2v) is 6.10. The van der Waals surface area contributed by atoms with Gasteiger partial charge in [0, 0.05) is 31.2 Å². The van der Waals surface area contributed by atoms with Crippen molar-refractivity contribution in [2.45, 2.75) is 25.4 Å². The molecule has 1 atom stereocenters. The molecule has 1 aromatic carbocycles. The fourth-order valence-electron chi connectivity index (χ4n) is 2.47. The van der Waals surface area contributed by atoms with Crippen molar-refractivity contribution in [2.24, 2.45) is 11.5 Å². The van der Waals surface area contributed by atoms with E-state index in [1.54, 1.807) is 29.1 Å². The monoisotopic (exact) mass is 373 g/mol. The van der Waals surface area contributed by atoms with Gasteiger partial charge in [0.15, 0.2) is 0 Å². The van der Waals surface area contributed by atoms with Gasteiger partial charge in [-0.3, -0.25) is 4.79 Å². The van der Waals surface area contributed by atoms with E-state index in [0.717, 1.165) is 5.56 Å². The number of carboxylic acids is 1. The van der Waals surface area contributed by atoms with E-state index in [1.807, 2.05) is 12.1 Å². The number of urea groups is 1. The Morgan fingerprint density at radius 3 is 2.44 bits per heavy atom. The van der Waals surface area contributed by atoms with E-state index in [9.17, 15) is 14.4 Å². The van der Waals surface area contributed by atoms with Crippen molar-refractivity contribution in [3.05, 3.63) is 53.9 Å². The number of benzene rings is 1. The van der Waals surface area contributed by atoms with Crippen LogP contribution in [0.4, 0.5) is 10.5 Å². The van der Waals surface area contributed by atoms with Crippen molar-refractivity contribution in [2.75, 3.05) is 11.9 Å². The van der Waals surface area contributed by atoms with Crippen molar-refractivity contribution in [3.8, 4) is 0 Å². The Balaban J connectivity index is 1.82. The summed E-state index contributed by atoms with van der Waals surface area (Å²) in [4.78, 5) is 33.5. The second kappa shape index (κ2) is 9.39. The minimum Gasteiger partial charge on any atom is -0.478 e. The van der Waals surface area contributed by atoms with Gasteiger partial charge in [0.05, 0.1) is 11.6 Å². The Hall–Kier alpha value is -3.33. The van der Waals surface area contributed by atoms with E-state index in [2.05, 4.69) is 10.6 Å². The molecule has 2 rings (SSSR count). The van der Waals surface area contributed by atoms with Gasteiger partial charge in [-0.1, -0.05) is 12.1 Å². The predicted molar refractivity (Wildman–Crippen MR) is 100 cm³/mol. The highest BCUT2D eigenvalue weighted by Gasteiger charge is 2.13. The molecule has 0 aliphatic rings. The quantitative estimate of drug-likeness (QED) is 0.414. The molecule has 27 heavy (non-hydrogen) atoms.